The third-order valence-corrected chi connectivity index (χ3v) is 5.12. The van der Waals surface area contributed by atoms with Gasteiger partial charge in [-0.15, -0.1) is 0 Å². The average Bonchev–Trinajstić information content (AvgIpc) is 3.07. The second kappa shape index (κ2) is 8.58. The van der Waals surface area contributed by atoms with Gasteiger partial charge in [0.2, 0.25) is 0 Å². The Morgan fingerprint density at radius 1 is 1.35 bits per heavy atom. The molecule has 5 nitrogen and oxygen atoms in total. The molecule has 1 saturated carbocycles. The standard InChI is InChI=1S/C18H20ClF2N3O2/c19-15-7-22-8-17(14(15)10-25)26-11-12-3-1-2-4-13(12)16-5-6-23-24(16)9-18(20)21/h5-8,10,12-13,18H,1-4,9,11H2. The minimum absolute atomic E-state index is 0.0943. The molecule has 2 aromatic rings. The van der Waals surface area contributed by atoms with Crippen molar-refractivity contribution in [2.24, 2.45) is 5.92 Å². The lowest BCUT2D eigenvalue weighted by Gasteiger charge is -2.32. The van der Waals surface area contributed by atoms with Crippen LogP contribution in [0.5, 0.6) is 5.75 Å². The topological polar surface area (TPSA) is 57.0 Å². The quantitative estimate of drug-likeness (QED) is 0.666. The highest BCUT2D eigenvalue weighted by atomic mass is 35.5. The second-order valence-corrected chi connectivity index (χ2v) is 6.85. The molecule has 0 amide bonds. The van der Waals surface area contributed by atoms with Crippen molar-refractivity contribution in [2.75, 3.05) is 6.61 Å². The highest BCUT2D eigenvalue weighted by molar-refractivity contribution is 6.33. The number of nitrogens with zero attached hydrogens (tertiary/aromatic N) is 3. The molecule has 1 fully saturated rings. The number of halogens is 3. The van der Waals surface area contributed by atoms with E-state index in [9.17, 15) is 13.6 Å². The Morgan fingerprint density at radius 2 is 2.15 bits per heavy atom. The summed E-state index contributed by atoms with van der Waals surface area (Å²) >= 11 is 5.97. The smallest absolute Gasteiger partial charge is 0.257 e. The van der Waals surface area contributed by atoms with E-state index < -0.39 is 13.0 Å². The van der Waals surface area contributed by atoms with Gasteiger partial charge in [-0.1, -0.05) is 24.4 Å². The molecule has 26 heavy (non-hydrogen) atoms. The van der Waals surface area contributed by atoms with E-state index in [0.29, 0.717) is 18.6 Å². The Kier molecular flexibility index (Phi) is 6.19. The number of aldehydes is 1. The summed E-state index contributed by atoms with van der Waals surface area (Å²) in [5.74, 6) is 0.588. The molecule has 0 saturated heterocycles. The van der Waals surface area contributed by atoms with Crippen LogP contribution in [0, 0.1) is 5.92 Å². The van der Waals surface area contributed by atoms with Crippen molar-refractivity contribution in [3.8, 4) is 5.75 Å². The molecular weight excluding hydrogens is 364 g/mol. The van der Waals surface area contributed by atoms with E-state index in [2.05, 4.69) is 10.1 Å². The maximum Gasteiger partial charge on any atom is 0.257 e. The van der Waals surface area contributed by atoms with Crippen molar-refractivity contribution >= 4 is 17.9 Å². The van der Waals surface area contributed by atoms with E-state index in [1.165, 1.54) is 17.1 Å². The molecule has 2 aromatic heterocycles. The molecule has 2 heterocycles. The van der Waals surface area contributed by atoms with E-state index in [0.717, 1.165) is 31.4 Å². The van der Waals surface area contributed by atoms with Gasteiger partial charge in [0.25, 0.3) is 6.43 Å². The number of hydrogen-bond donors (Lipinski definition) is 0. The summed E-state index contributed by atoms with van der Waals surface area (Å²) in [5.41, 5.74) is 1.09. The Morgan fingerprint density at radius 3 is 2.92 bits per heavy atom. The van der Waals surface area contributed by atoms with E-state index in [-0.39, 0.29) is 22.4 Å². The third kappa shape index (κ3) is 4.20. The van der Waals surface area contributed by atoms with E-state index in [1.807, 2.05) is 6.07 Å². The van der Waals surface area contributed by atoms with Gasteiger partial charge in [0.15, 0.2) is 6.29 Å². The predicted octanol–water partition coefficient (Wildman–Crippen LogP) is 4.36. The maximum atomic E-state index is 12.8. The minimum atomic E-state index is -2.44. The first kappa shape index (κ1) is 18.8. The molecule has 0 radical (unpaired) electrons. The zero-order chi connectivity index (χ0) is 18.5. The second-order valence-electron chi connectivity index (χ2n) is 6.44. The first-order valence-electron chi connectivity index (χ1n) is 8.61. The molecule has 0 spiro atoms. The van der Waals surface area contributed by atoms with Gasteiger partial charge in [0, 0.05) is 29.9 Å². The summed E-state index contributed by atoms with van der Waals surface area (Å²) in [5, 5.41) is 4.29. The lowest BCUT2D eigenvalue weighted by atomic mass is 9.78. The van der Waals surface area contributed by atoms with Crippen LogP contribution in [0.15, 0.2) is 24.7 Å². The van der Waals surface area contributed by atoms with Crippen molar-refractivity contribution in [3.63, 3.8) is 0 Å². The SMILES string of the molecule is O=Cc1c(Cl)cncc1OCC1CCCCC1c1ccnn1CC(F)F. The van der Waals surface area contributed by atoms with Gasteiger partial charge in [-0.2, -0.15) is 5.10 Å². The lowest BCUT2D eigenvalue weighted by molar-refractivity contribution is 0.111. The highest BCUT2D eigenvalue weighted by Crippen LogP contribution is 2.38. The predicted molar refractivity (Wildman–Crippen MR) is 93.1 cm³/mol. The zero-order valence-electron chi connectivity index (χ0n) is 14.2. The van der Waals surface area contributed by atoms with Crippen LogP contribution in [-0.2, 0) is 6.54 Å². The number of rotatable bonds is 7. The van der Waals surface area contributed by atoms with E-state index in [4.69, 9.17) is 16.3 Å². The fourth-order valence-corrected chi connectivity index (χ4v) is 3.79. The Hall–Kier alpha value is -2.02. The van der Waals surface area contributed by atoms with Gasteiger partial charge in [0.05, 0.1) is 23.4 Å². The van der Waals surface area contributed by atoms with Crippen LogP contribution >= 0.6 is 11.6 Å². The summed E-state index contributed by atoms with van der Waals surface area (Å²) in [4.78, 5) is 15.2. The van der Waals surface area contributed by atoms with Crippen LogP contribution in [0.1, 0.15) is 47.7 Å². The van der Waals surface area contributed by atoms with Crippen molar-refractivity contribution in [3.05, 3.63) is 40.9 Å². The number of aromatic nitrogens is 3. The fourth-order valence-electron chi connectivity index (χ4n) is 3.59. The number of carbonyl (C=O) groups is 1. The highest BCUT2D eigenvalue weighted by Gasteiger charge is 2.30. The molecule has 3 rings (SSSR count). The molecule has 0 bridgehead atoms. The van der Waals surface area contributed by atoms with Gasteiger partial charge >= 0.3 is 0 Å². The monoisotopic (exact) mass is 383 g/mol. The van der Waals surface area contributed by atoms with Gasteiger partial charge in [-0.25, -0.2) is 8.78 Å². The zero-order valence-corrected chi connectivity index (χ0v) is 14.9. The molecule has 0 aliphatic heterocycles. The molecule has 0 N–H and O–H groups in total. The van der Waals surface area contributed by atoms with Gasteiger partial charge < -0.3 is 4.74 Å². The van der Waals surface area contributed by atoms with Crippen molar-refractivity contribution in [1.82, 2.24) is 14.8 Å². The first-order valence-corrected chi connectivity index (χ1v) is 8.99. The summed E-state index contributed by atoms with van der Waals surface area (Å²) < 4.78 is 32.8. The molecule has 8 heteroatoms. The molecule has 2 atom stereocenters. The number of alkyl halides is 2. The van der Waals surface area contributed by atoms with Crippen molar-refractivity contribution < 1.29 is 18.3 Å². The number of pyridine rings is 1. The summed E-state index contributed by atoms with van der Waals surface area (Å²) in [6, 6.07) is 1.81. The summed E-state index contributed by atoms with van der Waals surface area (Å²) in [6.45, 7) is -0.0344. The third-order valence-electron chi connectivity index (χ3n) is 4.82. The van der Waals surface area contributed by atoms with Gasteiger partial charge in [-0.05, 0) is 18.9 Å². The summed E-state index contributed by atoms with van der Waals surface area (Å²) in [6.07, 6.45) is 6.55. The number of carbonyl (C=O) groups excluding carboxylic acids is 1. The Labute approximate surface area is 155 Å². The first-order chi connectivity index (χ1) is 12.6. The minimum Gasteiger partial charge on any atom is -0.491 e. The van der Waals surface area contributed by atoms with Crippen molar-refractivity contribution in [1.29, 1.82) is 0 Å². The molecular formula is C18H20ClF2N3O2. The van der Waals surface area contributed by atoms with Crippen LogP contribution in [0.2, 0.25) is 5.02 Å². The van der Waals surface area contributed by atoms with Crippen LogP contribution in [-0.4, -0.2) is 34.1 Å². The molecule has 1 aliphatic carbocycles. The van der Waals surface area contributed by atoms with E-state index in [1.54, 1.807) is 6.20 Å². The maximum absolute atomic E-state index is 12.8. The lowest BCUT2D eigenvalue weighted by Crippen LogP contribution is -2.27. The molecule has 1 aliphatic rings. The van der Waals surface area contributed by atoms with Crippen LogP contribution < -0.4 is 4.74 Å². The average molecular weight is 384 g/mol. The number of hydrogen-bond acceptors (Lipinski definition) is 4. The number of ether oxygens (including phenoxy) is 1. The molecule has 140 valence electrons. The van der Waals surface area contributed by atoms with Crippen LogP contribution in [0.3, 0.4) is 0 Å². The molecule has 0 aromatic carbocycles. The van der Waals surface area contributed by atoms with Crippen LogP contribution in [0.25, 0.3) is 0 Å². The summed E-state index contributed by atoms with van der Waals surface area (Å²) in [7, 11) is 0. The van der Waals surface area contributed by atoms with Gasteiger partial charge in [-0.3, -0.25) is 14.5 Å². The molecule has 2 unspecified atom stereocenters. The largest absolute Gasteiger partial charge is 0.491 e. The van der Waals surface area contributed by atoms with E-state index >= 15 is 0 Å². The van der Waals surface area contributed by atoms with Crippen molar-refractivity contribution in [2.45, 2.75) is 44.6 Å². The Balaban J connectivity index is 1.75. The van der Waals surface area contributed by atoms with Crippen LogP contribution in [0.4, 0.5) is 8.78 Å². The Bertz CT molecular complexity index is 754. The van der Waals surface area contributed by atoms with Gasteiger partial charge in [0.1, 0.15) is 12.3 Å². The normalized spacial score (nSPS) is 20.3. The fraction of sp³-hybridized carbons (Fsp3) is 0.500.